The lowest BCUT2D eigenvalue weighted by Crippen LogP contribution is -2.68. The smallest absolute Gasteiger partial charge is 0.310 e. The molecule has 0 saturated carbocycles. The standard InChI is InChI=1S/C44H70O19.C12H22O11/c1-19(2)35(45)53-17-27-29(57-37(47)21(5)6)31(58-38(48)22(7)8)33(60-40(50)24(11)12)43(55-27)62-30-28(18-54-36(46)20(3)4)56-44(63-42(52)26(15)16)34(61-41(51)25(13)14)32(30)59-39(49)23(9)10;13-1-3-5(15)6(16)9(19)12(22-3)23-10-4(2-14)21-11(20)8(18)7(10)17/h19-34,43-44H,17-18H2,1-16H3;3-20H,1-2H2/t27?,28?,29-,30+,31?,32?,33-,34-,43-,44-;3?,4?,5-,6?,7+,8?,9-,10+,11+,12-/m00/s1. The highest BCUT2D eigenvalue weighted by Gasteiger charge is 2.59. The number of carbonyl (C=O) groups excluding carboxylic acids is 8. The van der Waals surface area contributed by atoms with E-state index < -0.39 is 244 Å². The lowest BCUT2D eigenvalue weighted by atomic mass is 9.95. The molecule has 0 aromatic heterocycles. The third-order valence-corrected chi connectivity index (χ3v) is 13.5. The van der Waals surface area contributed by atoms with Gasteiger partial charge in [-0.25, -0.2) is 0 Å². The van der Waals surface area contributed by atoms with E-state index in [-0.39, 0.29) is 0 Å². The van der Waals surface area contributed by atoms with Gasteiger partial charge < -0.3 is 107 Å². The second-order valence-electron chi connectivity index (χ2n) is 23.7. The number of hydrogen-bond acceptors (Lipinski definition) is 30. The largest absolute Gasteiger partial charge is 0.463 e. The van der Waals surface area contributed by atoms with Gasteiger partial charge in [-0.05, 0) is 0 Å². The molecule has 4 heterocycles. The fourth-order valence-corrected chi connectivity index (χ4v) is 8.04. The van der Waals surface area contributed by atoms with Crippen LogP contribution in [0.2, 0.25) is 0 Å². The predicted molar refractivity (Wildman–Crippen MR) is 287 cm³/mol. The summed E-state index contributed by atoms with van der Waals surface area (Å²) in [5.74, 6) is -12.0. The third-order valence-electron chi connectivity index (χ3n) is 13.5. The van der Waals surface area contributed by atoms with Crippen LogP contribution in [-0.2, 0) is 105 Å². The van der Waals surface area contributed by atoms with Crippen molar-refractivity contribution >= 4 is 47.8 Å². The predicted octanol–water partition coefficient (Wildman–Crippen LogP) is -1.14. The van der Waals surface area contributed by atoms with Crippen LogP contribution in [0.5, 0.6) is 0 Å². The molecule has 0 radical (unpaired) electrons. The van der Waals surface area contributed by atoms with E-state index in [4.69, 9.17) is 71.4 Å². The quantitative estimate of drug-likeness (QED) is 0.0418. The number of aliphatic hydroxyl groups excluding tert-OH is 8. The van der Waals surface area contributed by atoms with Gasteiger partial charge in [-0.15, -0.1) is 0 Å². The molecule has 8 unspecified atom stereocenters. The first-order chi connectivity index (χ1) is 40.0. The van der Waals surface area contributed by atoms with E-state index in [0.29, 0.717) is 0 Å². The number of aliphatic hydroxyl groups is 8. The zero-order valence-corrected chi connectivity index (χ0v) is 51.6. The molecule has 8 N–H and O–H groups in total. The van der Waals surface area contributed by atoms with E-state index in [0.717, 1.165) is 0 Å². The topological polar surface area (TPSA) is 428 Å². The zero-order valence-electron chi connectivity index (χ0n) is 51.6. The Labute approximate surface area is 499 Å². The van der Waals surface area contributed by atoms with Gasteiger partial charge in [-0.1, -0.05) is 111 Å². The highest BCUT2D eigenvalue weighted by molar-refractivity contribution is 5.75. The van der Waals surface area contributed by atoms with Gasteiger partial charge >= 0.3 is 47.8 Å². The molecule has 4 rings (SSSR count). The average molecular weight is 1250 g/mol. The van der Waals surface area contributed by atoms with Crippen LogP contribution in [0.25, 0.3) is 0 Å². The maximum absolute atomic E-state index is 13.6. The van der Waals surface area contributed by atoms with E-state index in [1.165, 1.54) is 41.5 Å². The van der Waals surface area contributed by atoms with Crippen LogP contribution in [0.15, 0.2) is 0 Å². The first kappa shape index (κ1) is 75.4. The number of hydrogen-bond donors (Lipinski definition) is 8. The Kier molecular flexibility index (Phi) is 30.0. The van der Waals surface area contributed by atoms with Crippen LogP contribution >= 0.6 is 0 Å². The summed E-state index contributed by atoms with van der Waals surface area (Å²) >= 11 is 0. The lowest BCUT2D eigenvalue weighted by Gasteiger charge is -2.49. The van der Waals surface area contributed by atoms with Crippen LogP contribution in [0.1, 0.15) is 111 Å². The van der Waals surface area contributed by atoms with Gasteiger partial charge in [0.25, 0.3) is 0 Å². The Bertz CT molecular complexity index is 2200. The van der Waals surface area contributed by atoms with Crippen molar-refractivity contribution in [3.63, 3.8) is 0 Å². The molecular weight excluding hydrogens is 1150 g/mol. The molecule has 0 bridgehead atoms. The second-order valence-corrected chi connectivity index (χ2v) is 23.7. The molecule has 30 heteroatoms. The summed E-state index contributed by atoms with van der Waals surface area (Å²) in [6, 6.07) is 0. The molecule has 0 aliphatic carbocycles. The Morgan fingerprint density at radius 3 is 1.03 bits per heavy atom. The summed E-state index contributed by atoms with van der Waals surface area (Å²) in [5, 5.41) is 76.5. The SMILES string of the molecule is CC(C)C(=O)OCC1O[C@@H](OC(=O)C(C)C)[C@@H](OC(=O)C(C)C)C(OC(=O)C(C)C)[C@@H]1O[C@@H]1OC(COC(=O)C(C)C)[C@H](OC(=O)C(C)C)C(OC(=O)C(C)C)[C@@H]1OC(=O)C(C)C.OCC1O[C@@H](O[C@@H]2C(CO)O[C@@H](O)C(O)[C@H]2O)[C@@H](O)C(O)[C@H]1O. The molecule has 4 fully saturated rings. The normalized spacial score (nSPS) is 33.0. The van der Waals surface area contributed by atoms with Crippen LogP contribution in [-0.4, -0.2) is 238 Å². The van der Waals surface area contributed by atoms with Crippen LogP contribution in [0, 0.1) is 47.3 Å². The summed E-state index contributed by atoms with van der Waals surface area (Å²) < 4.78 is 81.2. The van der Waals surface area contributed by atoms with Gasteiger partial charge in [-0.2, -0.15) is 0 Å². The summed E-state index contributed by atoms with van der Waals surface area (Å²) in [4.78, 5) is 106. The third kappa shape index (κ3) is 20.6. The molecule has 0 spiro atoms. The van der Waals surface area contributed by atoms with Crippen LogP contribution < -0.4 is 0 Å². The van der Waals surface area contributed by atoms with Crippen molar-refractivity contribution in [2.24, 2.45) is 47.3 Å². The van der Waals surface area contributed by atoms with Gasteiger partial charge in [0.15, 0.2) is 43.3 Å². The minimum Gasteiger partial charge on any atom is -0.463 e. The maximum atomic E-state index is 13.6. The maximum Gasteiger partial charge on any atom is 0.310 e. The fourth-order valence-electron chi connectivity index (χ4n) is 8.04. The van der Waals surface area contributed by atoms with Crippen molar-refractivity contribution in [2.75, 3.05) is 26.4 Å². The molecule has 0 aromatic carbocycles. The van der Waals surface area contributed by atoms with Gasteiger partial charge in [0.05, 0.1) is 60.6 Å². The fraction of sp³-hybridized carbons (Fsp3) is 0.857. The molecule has 4 aliphatic rings. The van der Waals surface area contributed by atoms with Gasteiger partial charge in [0.2, 0.25) is 12.4 Å². The molecule has 0 aromatic rings. The minimum atomic E-state index is -1.89. The number of esters is 8. The molecule has 86 heavy (non-hydrogen) atoms. The number of carbonyl (C=O) groups is 8. The Balaban J connectivity index is 0.000000696. The van der Waals surface area contributed by atoms with E-state index in [9.17, 15) is 74.1 Å². The summed E-state index contributed by atoms with van der Waals surface area (Å²) in [6.45, 7) is 22.3. The van der Waals surface area contributed by atoms with Crippen molar-refractivity contribution in [1.29, 1.82) is 0 Å². The van der Waals surface area contributed by atoms with Crippen LogP contribution in [0.4, 0.5) is 0 Å². The molecule has 4 saturated heterocycles. The van der Waals surface area contributed by atoms with Crippen molar-refractivity contribution in [3.8, 4) is 0 Å². The minimum absolute atomic E-state index is 0.599. The molecular formula is C56H92O30. The Morgan fingerprint density at radius 1 is 0.302 bits per heavy atom. The first-order valence-corrected chi connectivity index (χ1v) is 28.8. The number of ether oxygens (including phenoxy) is 14. The van der Waals surface area contributed by atoms with Crippen molar-refractivity contribution in [3.05, 3.63) is 0 Å². The summed E-state index contributed by atoms with van der Waals surface area (Å²) in [6.07, 6.45) is -32.4. The van der Waals surface area contributed by atoms with Crippen molar-refractivity contribution in [1.82, 2.24) is 0 Å². The molecule has 0 amide bonds. The molecule has 496 valence electrons. The van der Waals surface area contributed by atoms with Crippen molar-refractivity contribution in [2.45, 2.75) is 234 Å². The second kappa shape index (κ2) is 34.2. The molecule has 20 atom stereocenters. The lowest BCUT2D eigenvalue weighted by molar-refractivity contribution is -0.359. The van der Waals surface area contributed by atoms with E-state index in [1.54, 1.807) is 69.2 Å². The van der Waals surface area contributed by atoms with E-state index in [1.807, 2.05) is 0 Å². The average Bonchev–Trinajstić information content (AvgIpc) is 1.29. The Morgan fingerprint density at radius 2 is 0.628 bits per heavy atom. The van der Waals surface area contributed by atoms with Crippen molar-refractivity contribution < 1.29 is 146 Å². The van der Waals surface area contributed by atoms with Gasteiger partial charge in [-0.3, -0.25) is 38.4 Å². The van der Waals surface area contributed by atoms with E-state index in [2.05, 4.69) is 0 Å². The monoisotopic (exact) mass is 1240 g/mol. The first-order valence-electron chi connectivity index (χ1n) is 28.8. The zero-order chi connectivity index (χ0) is 65.5. The van der Waals surface area contributed by atoms with Gasteiger partial charge in [0.1, 0.15) is 80.4 Å². The van der Waals surface area contributed by atoms with Gasteiger partial charge in [0, 0.05) is 0 Å². The summed E-state index contributed by atoms with van der Waals surface area (Å²) in [5.41, 5.74) is 0. The highest BCUT2D eigenvalue weighted by atomic mass is 16.8. The highest BCUT2D eigenvalue weighted by Crippen LogP contribution is 2.38. The van der Waals surface area contributed by atoms with Crippen LogP contribution in [0.3, 0.4) is 0 Å². The van der Waals surface area contributed by atoms with E-state index >= 15 is 0 Å². The molecule has 4 aliphatic heterocycles. The Hall–Kier alpha value is -4.80. The number of rotatable bonds is 24. The molecule has 30 nitrogen and oxygen atoms in total. The summed E-state index contributed by atoms with van der Waals surface area (Å²) in [7, 11) is 0.